The third kappa shape index (κ3) is 3.52. The predicted octanol–water partition coefficient (Wildman–Crippen LogP) is 5.43. The predicted molar refractivity (Wildman–Crippen MR) is 116 cm³/mol. The van der Waals surface area contributed by atoms with Crippen LogP contribution in [0.4, 0.5) is 0 Å². The number of carbonyl (C=O) groups excluding carboxylic acids is 1. The number of hydrogen-bond donors (Lipinski definition) is 0. The zero-order chi connectivity index (χ0) is 19.6. The lowest BCUT2D eigenvalue weighted by atomic mass is 10.1. The number of pyridine rings is 1. The largest absolute Gasteiger partial charge is 0.331 e. The Morgan fingerprint density at radius 3 is 2.34 bits per heavy atom. The molecule has 1 saturated carbocycles. The lowest BCUT2D eigenvalue weighted by molar-refractivity contribution is 0.0728. The zero-order valence-electron chi connectivity index (χ0n) is 16.1. The van der Waals surface area contributed by atoms with Gasteiger partial charge in [0.25, 0.3) is 5.91 Å². The summed E-state index contributed by atoms with van der Waals surface area (Å²) in [5.41, 5.74) is 4.04. The summed E-state index contributed by atoms with van der Waals surface area (Å²) in [7, 11) is 0. The lowest BCUT2D eigenvalue weighted by Crippen LogP contribution is -2.33. The maximum atomic E-state index is 13.7. The first-order chi connectivity index (χ1) is 14.3. The molecule has 1 fully saturated rings. The van der Waals surface area contributed by atoms with Crippen molar-refractivity contribution in [1.29, 1.82) is 0 Å². The van der Waals surface area contributed by atoms with E-state index in [2.05, 4.69) is 46.3 Å². The lowest BCUT2D eigenvalue weighted by Gasteiger charge is -2.24. The first-order valence-electron chi connectivity index (χ1n) is 10.0. The van der Waals surface area contributed by atoms with Crippen molar-refractivity contribution >= 4 is 16.8 Å². The summed E-state index contributed by atoms with van der Waals surface area (Å²) in [4.78, 5) is 20.2. The van der Waals surface area contributed by atoms with Gasteiger partial charge in [0.1, 0.15) is 0 Å². The molecule has 0 radical (unpaired) electrons. The summed E-state index contributed by atoms with van der Waals surface area (Å²) in [5, 5.41) is 0.912. The molecular formula is C26H22N2O. The molecule has 0 bridgehead atoms. The van der Waals surface area contributed by atoms with Crippen LogP contribution in [-0.2, 0) is 6.54 Å². The van der Waals surface area contributed by atoms with Crippen LogP contribution in [0.15, 0.2) is 97.2 Å². The van der Waals surface area contributed by atoms with Crippen LogP contribution in [-0.4, -0.2) is 21.8 Å². The van der Waals surface area contributed by atoms with Crippen LogP contribution in [0.5, 0.6) is 0 Å². The van der Waals surface area contributed by atoms with Gasteiger partial charge in [-0.2, -0.15) is 0 Å². The Bertz CT molecular complexity index is 1140. The van der Waals surface area contributed by atoms with E-state index in [9.17, 15) is 4.79 Å². The summed E-state index contributed by atoms with van der Waals surface area (Å²) in [6.07, 6.45) is 2.74. The van der Waals surface area contributed by atoms with Gasteiger partial charge in [-0.25, -0.2) is 0 Å². The van der Waals surface area contributed by atoms with E-state index in [1.807, 2.05) is 54.6 Å². The molecule has 0 spiro atoms. The van der Waals surface area contributed by atoms with E-state index in [0.717, 1.165) is 28.5 Å². The van der Waals surface area contributed by atoms with Gasteiger partial charge in [-0.05, 0) is 29.7 Å². The molecule has 0 unspecified atom stereocenters. The second-order valence-electron chi connectivity index (χ2n) is 7.61. The van der Waals surface area contributed by atoms with Crippen molar-refractivity contribution in [3.63, 3.8) is 0 Å². The van der Waals surface area contributed by atoms with Crippen LogP contribution in [0.2, 0.25) is 0 Å². The number of aromatic nitrogens is 1. The minimum atomic E-state index is 0.0795. The first-order valence-corrected chi connectivity index (χ1v) is 10.0. The number of rotatable bonds is 5. The van der Waals surface area contributed by atoms with Crippen LogP contribution in [0.1, 0.15) is 33.8 Å². The smallest absolute Gasteiger partial charge is 0.255 e. The van der Waals surface area contributed by atoms with Gasteiger partial charge in [0.2, 0.25) is 0 Å². The average Bonchev–Trinajstić information content (AvgIpc) is 3.59. The van der Waals surface area contributed by atoms with Crippen LogP contribution < -0.4 is 0 Å². The number of hydrogen-bond acceptors (Lipinski definition) is 2. The van der Waals surface area contributed by atoms with Crippen LogP contribution in [0.25, 0.3) is 10.9 Å². The molecule has 0 saturated heterocycles. The topological polar surface area (TPSA) is 33.2 Å². The molecule has 3 nitrogen and oxygen atoms in total. The molecule has 3 aromatic carbocycles. The molecule has 142 valence electrons. The SMILES string of the molecule is O=C(c1ccnc2ccccc12)N(Cc1ccccc1)[C@@H]1C[C@@H]1c1ccccc1. The van der Waals surface area contributed by atoms with Crippen molar-refractivity contribution in [3.05, 3.63) is 114 Å². The number of para-hydroxylation sites is 1. The Morgan fingerprint density at radius 2 is 1.55 bits per heavy atom. The van der Waals surface area contributed by atoms with Gasteiger partial charge in [0.15, 0.2) is 0 Å². The average molecular weight is 378 g/mol. The van der Waals surface area contributed by atoms with Crippen molar-refractivity contribution in [2.45, 2.75) is 24.9 Å². The second-order valence-corrected chi connectivity index (χ2v) is 7.61. The molecule has 1 amide bonds. The van der Waals surface area contributed by atoms with Crippen LogP contribution >= 0.6 is 0 Å². The fourth-order valence-electron chi connectivity index (χ4n) is 4.14. The molecule has 1 heterocycles. The number of benzene rings is 3. The molecule has 0 aliphatic heterocycles. The Hall–Kier alpha value is -3.46. The highest BCUT2D eigenvalue weighted by Gasteiger charge is 2.45. The van der Waals surface area contributed by atoms with Gasteiger partial charge < -0.3 is 4.90 Å². The van der Waals surface area contributed by atoms with E-state index >= 15 is 0 Å². The third-order valence-electron chi connectivity index (χ3n) is 5.72. The van der Waals surface area contributed by atoms with E-state index in [1.165, 1.54) is 5.56 Å². The second kappa shape index (κ2) is 7.51. The Morgan fingerprint density at radius 1 is 0.862 bits per heavy atom. The standard InChI is InChI=1S/C26H22N2O/c29-26(22-15-16-27-24-14-8-7-13-21(22)24)28(18-19-9-3-1-4-10-19)25-17-23(25)20-11-5-2-6-12-20/h1-16,23,25H,17-18H2/t23-,25-/m1/s1. The summed E-state index contributed by atoms with van der Waals surface area (Å²) in [5.74, 6) is 0.479. The van der Waals surface area contributed by atoms with E-state index in [0.29, 0.717) is 12.5 Å². The molecule has 1 aliphatic carbocycles. The highest BCUT2D eigenvalue weighted by molar-refractivity contribution is 6.06. The summed E-state index contributed by atoms with van der Waals surface area (Å²) in [6.45, 7) is 0.615. The third-order valence-corrected chi connectivity index (χ3v) is 5.72. The number of fused-ring (bicyclic) bond motifs is 1. The van der Waals surface area contributed by atoms with Gasteiger partial charge >= 0.3 is 0 Å². The molecule has 1 aliphatic rings. The van der Waals surface area contributed by atoms with Gasteiger partial charge in [-0.3, -0.25) is 9.78 Å². The number of amides is 1. The highest BCUT2D eigenvalue weighted by Crippen LogP contribution is 2.45. The molecule has 4 aromatic rings. The molecule has 29 heavy (non-hydrogen) atoms. The van der Waals surface area contributed by atoms with Gasteiger partial charge in [-0.1, -0.05) is 78.9 Å². The fraction of sp³-hybridized carbons (Fsp3) is 0.154. The molecule has 1 aromatic heterocycles. The van der Waals surface area contributed by atoms with E-state index in [4.69, 9.17) is 0 Å². The van der Waals surface area contributed by atoms with E-state index in [1.54, 1.807) is 6.20 Å². The van der Waals surface area contributed by atoms with Crippen molar-refractivity contribution in [2.75, 3.05) is 0 Å². The summed E-state index contributed by atoms with van der Waals surface area (Å²) >= 11 is 0. The maximum Gasteiger partial charge on any atom is 0.255 e. The number of nitrogens with zero attached hydrogens (tertiary/aromatic N) is 2. The molecular weight excluding hydrogens is 356 g/mol. The van der Waals surface area contributed by atoms with Gasteiger partial charge in [-0.15, -0.1) is 0 Å². The minimum absolute atomic E-state index is 0.0795. The molecule has 5 rings (SSSR count). The minimum Gasteiger partial charge on any atom is -0.331 e. The quantitative estimate of drug-likeness (QED) is 0.464. The highest BCUT2D eigenvalue weighted by atomic mass is 16.2. The monoisotopic (exact) mass is 378 g/mol. The Kier molecular flexibility index (Phi) is 4.57. The van der Waals surface area contributed by atoms with Crippen molar-refractivity contribution < 1.29 is 4.79 Å². The Labute approximate surface area is 170 Å². The van der Waals surface area contributed by atoms with E-state index in [-0.39, 0.29) is 11.9 Å². The normalized spacial score (nSPS) is 17.8. The fourth-order valence-corrected chi connectivity index (χ4v) is 4.14. The van der Waals surface area contributed by atoms with Crippen molar-refractivity contribution in [1.82, 2.24) is 9.88 Å². The summed E-state index contributed by atoms with van der Waals surface area (Å²) in [6, 6.07) is 30.7. The van der Waals surface area contributed by atoms with Crippen molar-refractivity contribution in [3.8, 4) is 0 Å². The Balaban J connectivity index is 1.51. The van der Waals surface area contributed by atoms with Crippen LogP contribution in [0.3, 0.4) is 0 Å². The van der Waals surface area contributed by atoms with Crippen LogP contribution in [0, 0.1) is 0 Å². The molecule has 2 atom stereocenters. The first kappa shape index (κ1) is 17.6. The van der Waals surface area contributed by atoms with Gasteiger partial charge in [0, 0.05) is 30.1 Å². The van der Waals surface area contributed by atoms with Gasteiger partial charge in [0.05, 0.1) is 11.1 Å². The maximum absolute atomic E-state index is 13.7. The van der Waals surface area contributed by atoms with E-state index < -0.39 is 0 Å². The van der Waals surface area contributed by atoms with Crippen molar-refractivity contribution in [2.24, 2.45) is 0 Å². The zero-order valence-corrected chi connectivity index (χ0v) is 16.1. The molecule has 3 heteroatoms. The molecule has 0 N–H and O–H groups in total. The summed E-state index contributed by atoms with van der Waals surface area (Å²) < 4.78 is 0. The number of carbonyl (C=O) groups is 1.